The molecular formula is C18H31N7O2. The van der Waals surface area contributed by atoms with Gasteiger partial charge in [0.2, 0.25) is 5.91 Å². The summed E-state index contributed by atoms with van der Waals surface area (Å²) in [4.78, 5) is 28.3. The van der Waals surface area contributed by atoms with Crippen LogP contribution < -0.4 is 33.6 Å². The molecule has 0 fully saturated rings. The van der Waals surface area contributed by atoms with Crippen molar-refractivity contribution in [3.05, 3.63) is 29.3 Å². The SMILES string of the molecule is CCc1cc(N)ccc1C(=O)N[C@H](C)CNC(=O)[C@@H](N)CCCN=C(N)N. The van der Waals surface area contributed by atoms with Gasteiger partial charge < -0.3 is 33.6 Å². The highest BCUT2D eigenvalue weighted by Gasteiger charge is 2.16. The lowest BCUT2D eigenvalue weighted by Gasteiger charge is -2.18. The summed E-state index contributed by atoms with van der Waals surface area (Å²) in [6.07, 6.45) is 1.78. The van der Waals surface area contributed by atoms with Gasteiger partial charge in [-0.25, -0.2) is 0 Å². The summed E-state index contributed by atoms with van der Waals surface area (Å²) in [6, 6.07) is 4.30. The number of hydrogen-bond acceptors (Lipinski definition) is 5. The first kappa shape index (κ1) is 22.2. The van der Waals surface area contributed by atoms with Crippen molar-refractivity contribution < 1.29 is 9.59 Å². The molecule has 2 amide bonds. The second-order valence-electron chi connectivity index (χ2n) is 6.45. The van der Waals surface area contributed by atoms with E-state index in [1.807, 2.05) is 13.8 Å². The van der Waals surface area contributed by atoms with Gasteiger partial charge in [-0.1, -0.05) is 6.92 Å². The van der Waals surface area contributed by atoms with Gasteiger partial charge in [0, 0.05) is 30.4 Å². The number of hydrogen-bond donors (Lipinski definition) is 6. The summed E-state index contributed by atoms with van der Waals surface area (Å²) >= 11 is 0. The van der Waals surface area contributed by atoms with E-state index in [1.165, 1.54) is 0 Å². The van der Waals surface area contributed by atoms with Crippen molar-refractivity contribution in [2.75, 3.05) is 18.8 Å². The Morgan fingerprint density at radius 3 is 2.59 bits per heavy atom. The molecule has 0 aliphatic heterocycles. The minimum absolute atomic E-state index is 0.0184. The van der Waals surface area contributed by atoms with Crippen LogP contribution in [0.25, 0.3) is 0 Å². The maximum Gasteiger partial charge on any atom is 0.251 e. The molecule has 27 heavy (non-hydrogen) atoms. The normalized spacial score (nSPS) is 12.7. The van der Waals surface area contributed by atoms with Gasteiger partial charge in [0.1, 0.15) is 0 Å². The number of carbonyl (C=O) groups excluding carboxylic acids is 2. The monoisotopic (exact) mass is 377 g/mol. The molecule has 0 radical (unpaired) electrons. The van der Waals surface area contributed by atoms with Crippen molar-refractivity contribution in [3.63, 3.8) is 0 Å². The van der Waals surface area contributed by atoms with Gasteiger partial charge in [-0.2, -0.15) is 0 Å². The van der Waals surface area contributed by atoms with Crippen molar-refractivity contribution in [1.29, 1.82) is 0 Å². The van der Waals surface area contributed by atoms with E-state index in [9.17, 15) is 9.59 Å². The number of guanidine groups is 1. The zero-order valence-electron chi connectivity index (χ0n) is 16.0. The van der Waals surface area contributed by atoms with Gasteiger partial charge in [0.05, 0.1) is 6.04 Å². The van der Waals surface area contributed by atoms with Gasteiger partial charge >= 0.3 is 0 Å². The van der Waals surface area contributed by atoms with E-state index in [0.29, 0.717) is 37.1 Å². The number of benzene rings is 1. The molecule has 0 saturated carbocycles. The van der Waals surface area contributed by atoms with E-state index in [-0.39, 0.29) is 30.4 Å². The molecule has 9 heteroatoms. The van der Waals surface area contributed by atoms with Crippen LogP contribution >= 0.6 is 0 Å². The van der Waals surface area contributed by atoms with Crippen molar-refractivity contribution in [2.24, 2.45) is 22.2 Å². The first-order valence-electron chi connectivity index (χ1n) is 9.02. The second-order valence-corrected chi connectivity index (χ2v) is 6.45. The topological polar surface area (TPSA) is 175 Å². The van der Waals surface area contributed by atoms with Gasteiger partial charge in [-0.15, -0.1) is 0 Å². The summed E-state index contributed by atoms with van der Waals surface area (Å²) in [7, 11) is 0. The lowest BCUT2D eigenvalue weighted by Crippen LogP contribution is -2.47. The minimum Gasteiger partial charge on any atom is -0.399 e. The van der Waals surface area contributed by atoms with E-state index < -0.39 is 6.04 Å². The Kier molecular flexibility index (Phi) is 9.07. The lowest BCUT2D eigenvalue weighted by molar-refractivity contribution is -0.122. The highest BCUT2D eigenvalue weighted by Crippen LogP contribution is 2.14. The van der Waals surface area contributed by atoms with Crippen LogP contribution in [0.15, 0.2) is 23.2 Å². The zero-order chi connectivity index (χ0) is 20.4. The van der Waals surface area contributed by atoms with E-state index in [2.05, 4.69) is 15.6 Å². The van der Waals surface area contributed by atoms with Crippen LogP contribution in [-0.2, 0) is 11.2 Å². The smallest absolute Gasteiger partial charge is 0.251 e. The Bertz CT molecular complexity index is 672. The Labute approximate surface area is 159 Å². The zero-order valence-corrected chi connectivity index (χ0v) is 16.0. The fraction of sp³-hybridized carbons (Fsp3) is 0.500. The predicted octanol–water partition coefficient (Wildman–Crippen LogP) is -0.553. The fourth-order valence-corrected chi connectivity index (χ4v) is 2.52. The molecule has 0 heterocycles. The quantitative estimate of drug-likeness (QED) is 0.138. The molecule has 0 aliphatic rings. The average molecular weight is 377 g/mol. The average Bonchev–Trinajstić information content (AvgIpc) is 2.62. The maximum absolute atomic E-state index is 12.4. The predicted molar refractivity (Wildman–Crippen MR) is 108 cm³/mol. The second kappa shape index (κ2) is 11.0. The molecule has 0 aromatic heterocycles. The first-order valence-corrected chi connectivity index (χ1v) is 9.02. The van der Waals surface area contributed by atoms with Crippen LogP contribution in [0, 0.1) is 0 Å². The van der Waals surface area contributed by atoms with Crippen molar-refractivity contribution >= 4 is 23.5 Å². The molecule has 9 nitrogen and oxygen atoms in total. The van der Waals surface area contributed by atoms with Gasteiger partial charge in [0.15, 0.2) is 5.96 Å². The third-order valence-electron chi connectivity index (χ3n) is 4.02. The largest absolute Gasteiger partial charge is 0.399 e. The number of carbonyl (C=O) groups is 2. The maximum atomic E-state index is 12.4. The number of nitrogens with two attached hydrogens (primary N) is 4. The van der Waals surface area contributed by atoms with Crippen LogP contribution in [0.5, 0.6) is 0 Å². The number of nitrogens with one attached hydrogen (secondary N) is 2. The fourth-order valence-electron chi connectivity index (χ4n) is 2.52. The van der Waals surface area contributed by atoms with Crippen LogP contribution in [0.3, 0.4) is 0 Å². The number of aryl methyl sites for hydroxylation is 1. The van der Waals surface area contributed by atoms with Crippen LogP contribution in [0.4, 0.5) is 5.69 Å². The molecule has 0 spiro atoms. The minimum atomic E-state index is -0.647. The van der Waals surface area contributed by atoms with E-state index in [4.69, 9.17) is 22.9 Å². The van der Waals surface area contributed by atoms with Gasteiger partial charge in [-0.05, 0) is 49.9 Å². The summed E-state index contributed by atoms with van der Waals surface area (Å²) in [5.41, 5.74) is 24.2. The third kappa shape index (κ3) is 7.95. The first-order chi connectivity index (χ1) is 12.7. The molecular weight excluding hydrogens is 346 g/mol. The van der Waals surface area contributed by atoms with Crippen LogP contribution in [-0.4, -0.2) is 42.9 Å². The summed E-state index contributed by atoms with van der Waals surface area (Å²) in [5.74, 6) is -0.456. The van der Waals surface area contributed by atoms with E-state index in [1.54, 1.807) is 18.2 Å². The molecule has 0 unspecified atom stereocenters. The summed E-state index contributed by atoms with van der Waals surface area (Å²) in [5, 5.41) is 5.61. The number of nitrogens with zero attached hydrogens (tertiary/aromatic N) is 1. The Morgan fingerprint density at radius 2 is 1.96 bits per heavy atom. The number of nitrogen functional groups attached to an aromatic ring is 1. The lowest BCUT2D eigenvalue weighted by atomic mass is 10.0. The Morgan fingerprint density at radius 1 is 1.26 bits per heavy atom. The molecule has 150 valence electrons. The highest BCUT2D eigenvalue weighted by molar-refractivity contribution is 5.96. The molecule has 2 atom stereocenters. The van der Waals surface area contributed by atoms with Gasteiger partial charge in [-0.3, -0.25) is 14.6 Å². The Hall–Kier alpha value is -2.81. The number of rotatable bonds is 10. The van der Waals surface area contributed by atoms with Crippen molar-refractivity contribution in [1.82, 2.24) is 10.6 Å². The van der Waals surface area contributed by atoms with E-state index in [0.717, 1.165) is 5.56 Å². The molecule has 1 rings (SSSR count). The number of anilines is 1. The number of aliphatic imine (C=N–C) groups is 1. The third-order valence-corrected chi connectivity index (χ3v) is 4.02. The summed E-state index contributed by atoms with van der Waals surface area (Å²) in [6.45, 7) is 4.48. The van der Waals surface area contributed by atoms with Crippen LogP contribution in [0.2, 0.25) is 0 Å². The van der Waals surface area contributed by atoms with E-state index >= 15 is 0 Å². The van der Waals surface area contributed by atoms with Crippen LogP contribution in [0.1, 0.15) is 42.6 Å². The molecule has 0 bridgehead atoms. The van der Waals surface area contributed by atoms with Crippen molar-refractivity contribution in [3.8, 4) is 0 Å². The van der Waals surface area contributed by atoms with Gasteiger partial charge in [0.25, 0.3) is 5.91 Å². The molecule has 1 aromatic rings. The molecule has 10 N–H and O–H groups in total. The Balaban J connectivity index is 2.43. The summed E-state index contributed by atoms with van der Waals surface area (Å²) < 4.78 is 0. The molecule has 0 saturated heterocycles. The highest BCUT2D eigenvalue weighted by atomic mass is 16.2. The van der Waals surface area contributed by atoms with Crippen molar-refractivity contribution in [2.45, 2.75) is 45.2 Å². The standard InChI is InChI=1S/C18H31N7O2/c1-3-12-9-13(19)6-7-14(12)16(26)25-11(2)10-24-17(27)15(20)5-4-8-23-18(21)22/h6-7,9,11,15H,3-5,8,10,19-20H2,1-2H3,(H,24,27)(H,25,26)(H4,21,22,23)/t11-,15+/m1/s1. The molecule has 1 aromatic carbocycles. The molecule has 0 aliphatic carbocycles. The number of amides is 2.